The molecule has 6 nitrogen and oxygen atoms in total. The number of ketones is 2. The fourth-order valence-electron chi connectivity index (χ4n) is 5.92. The number of hydrogen-bond acceptors (Lipinski definition) is 7. The monoisotopic (exact) mass is 490 g/mol. The van der Waals surface area contributed by atoms with Crippen molar-refractivity contribution in [3.05, 3.63) is 47.7 Å². The second-order valence-corrected chi connectivity index (χ2v) is 10.8. The van der Waals surface area contributed by atoms with Gasteiger partial charge in [0.05, 0.1) is 17.4 Å². The third-order valence-corrected chi connectivity index (χ3v) is 8.59. The van der Waals surface area contributed by atoms with Crippen molar-refractivity contribution in [2.24, 2.45) is 17.8 Å². The van der Waals surface area contributed by atoms with Gasteiger partial charge in [-0.25, -0.2) is 4.98 Å². The predicted molar refractivity (Wildman–Crippen MR) is 140 cm³/mol. The quantitative estimate of drug-likeness (QED) is 0.366. The molecule has 2 fully saturated rings. The van der Waals surface area contributed by atoms with Crippen LogP contribution in [0.15, 0.2) is 36.5 Å². The molecule has 184 valence electrons. The summed E-state index contributed by atoms with van der Waals surface area (Å²) in [5, 5.41) is 0. The number of Topliss-reactive ketones (excluding diaryl/α,β-unsaturated/α-hetero) is 2. The smallest absolute Gasteiger partial charge is 0.195 e. The van der Waals surface area contributed by atoms with E-state index in [1.807, 2.05) is 18.2 Å². The largest absolute Gasteiger partial charge is 0.370 e. The Balaban J connectivity index is 1.04. The van der Waals surface area contributed by atoms with Crippen LogP contribution in [-0.2, 0) is 11.2 Å². The molecule has 0 unspecified atom stereocenters. The molecule has 0 N–H and O–H groups in total. The molecule has 1 aromatic carbocycles. The first kappa shape index (κ1) is 24.0. The number of piperidine rings is 1. The minimum atomic E-state index is 0.122. The summed E-state index contributed by atoms with van der Waals surface area (Å²) < 4.78 is 8.68. The molecule has 0 radical (unpaired) electrons. The Morgan fingerprint density at radius 1 is 0.943 bits per heavy atom. The van der Waals surface area contributed by atoms with Gasteiger partial charge in [0.15, 0.2) is 11.4 Å². The molecule has 3 aromatic rings. The van der Waals surface area contributed by atoms with E-state index < -0.39 is 0 Å². The normalized spacial score (nSPS) is 21.3. The van der Waals surface area contributed by atoms with Crippen LogP contribution in [0.3, 0.4) is 0 Å². The lowest BCUT2D eigenvalue weighted by molar-refractivity contribution is -0.128. The lowest BCUT2D eigenvalue weighted by Crippen LogP contribution is -2.39. The lowest BCUT2D eigenvalue weighted by Gasteiger charge is -2.35. The molecule has 1 saturated heterocycles. The predicted octanol–water partition coefficient (Wildman–Crippen LogP) is 5.90. The number of aromatic nitrogens is 3. The molecular formula is C28H34N4O2S. The minimum absolute atomic E-state index is 0.122. The number of carbonyl (C=O) groups is 2. The number of rotatable bonds is 8. The first-order valence-electron chi connectivity index (χ1n) is 13.0. The van der Waals surface area contributed by atoms with Crippen molar-refractivity contribution >= 4 is 40.1 Å². The van der Waals surface area contributed by atoms with Crippen molar-refractivity contribution in [3.63, 3.8) is 0 Å². The molecule has 3 heterocycles. The first-order valence-corrected chi connectivity index (χ1v) is 13.8. The van der Waals surface area contributed by atoms with E-state index in [-0.39, 0.29) is 17.6 Å². The van der Waals surface area contributed by atoms with Crippen LogP contribution in [0.1, 0.15) is 74.2 Å². The zero-order valence-electron chi connectivity index (χ0n) is 20.5. The Bertz CT molecular complexity index is 1160. The topological polar surface area (TPSA) is 76.1 Å². The minimum Gasteiger partial charge on any atom is -0.370 e. The van der Waals surface area contributed by atoms with Gasteiger partial charge < -0.3 is 4.90 Å². The maximum absolute atomic E-state index is 13.3. The Morgan fingerprint density at radius 2 is 1.66 bits per heavy atom. The summed E-state index contributed by atoms with van der Waals surface area (Å²) in [5.41, 5.74) is 4.80. The van der Waals surface area contributed by atoms with Crippen LogP contribution in [0.25, 0.3) is 11.2 Å². The van der Waals surface area contributed by atoms with E-state index in [1.165, 1.54) is 43.0 Å². The Kier molecular flexibility index (Phi) is 7.51. The summed E-state index contributed by atoms with van der Waals surface area (Å²) in [6, 6.07) is 10.1. The SMILES string of the molecule is CC(=O)c1ccc(CCCC2CCC(C(=O)C3CCN(c4ccnc5nsnc45)CC3)CC2)cc1. The Labute approximate surface area is 211 Å². The average Bonchev–Trinajstić information content (AvgIpc) is 3.38. The number of anilines is 1. The highest BCUT2D eigenvalue weighted by Crippen LogP contribution is 2.36. The van der Waals surface area contributed by atoms with Crippen LogP contribution in [0, 0.1) is 17.8 Å². The third-order valence-electron chi connectivity index (χ3n) is 8.07. The molecule has 1 saturated carbocycles. The van der Waals surface area contributed by atoms with Crippen molar-refractivity contribution < 1.29 is 9.59 Å². The lowest BCUT2D eigenvalue weighted by atomic mass is 9.74. The highest BCUT2D eigenvalue weighted by molar-refractivity contribution is 7.00. The molecule has 7 heteroatoms. The van der Waals surface area contributed by atoms with E-state index >= 15 is 0 Å². The summed E-state index contributed by atoms with van der Waals surface area (Å²) in [4.78, 5) is 31.3. The molecule has 2 aromatic heterocycles. The van der Waals surface area contributed by atoms with Gasteiger partial charge in [0.1, 0.15) is 11.3 Å². The zero-order chi connectivity index (χ0) is 24.2. The Hall–Kier alpha value is -2.67. The number of carbonyl (C=O) groups excluding carboxylic acids is 2. The van der Waals surface area contributed by atoms with Crippen molar-refractivity contribution in [2.75, 3.05) is 18.0 Å². The van der Waals surface area contributed by atoms with Crippen molar-refractivity contribution in [1.29, 1.82) is 0 Å². The van der Waals surface area contributed by atoms with Gasteiger partial charge >= 0.3 is 0 Å². The molecule has 5 rings (SSSR count). The van der Waals surface area contributed by atoms with Crippen LogP contribution >= 0.6 is 11.7 Å². The summed E-state index contributed by atoms with van der Waals surface area (Å²) >= 11 is 1.21. The number of hydrogen-bond donors (Lipinski definition) is 0. The first-order chi connectivity index (χ1) is 17.1. The average molecular weight is 491 g/mol. The van der Waals surface area contributed by atoms with Gasteiger partial charge in [-0.15, -0.1) is 0 Å². The van der Waals surface area contributed by atoms with E-state index in [0.29, 0.717) is 11.4 Å². The highest BCUT2D eigenvalue weighted by Gasteiger charge is 2.33. The van der Waals surface area contributed by atoms with Gasteiger partial charge in [-0.1, -0.05) is 30.7 Å². The van der Waals surface area contributed by atoms with Gasteiger partial charge in [-0.05, 0) is 75.8 Å². The summed E-state index contributed by atoms with van der Waals surface area (Å²) in [6.45, 7) is 3.41. The van der Waals surface area contributed by atoms with Gasteiger partial charge in [-0.2, -0.15) is 8.75 Å². The maximum Gasteiger partial charge on any atom is 0.195 e. The second kappa shape index (κ2) is 10.9. The molecule has 0 spiro atoms. The molecule has 2 aliphatic rings. The molecule has 1 aliphatic heterocycles. The molecular weight excluding hydrogens is 456 g/mol. The van der Waals surface area contributed by atoms with Crippen LogP contribution in [0.4, 0.5) is 5.69 Å². The highest BCUT2D eigenvalue weighted by atomic mass is 32.1. The number of aryl methyl sites for hydroxylation is 1. The fourth-order valence-corrected chi connectivity index (χ4v) is 6.43. The van der Waals surface area contributed by atoms with Crippen LogP contribution < -0.4 is 4.90 Å². The number of fused-ring (bicyclic) bond motifs is 1. The molecule has 0 amide bonds. The van der Waals surface area contributed by atoms with Crippen LogP contribution in [-0.4, -0.2) is 38.4 Å². The molecule has 35 heavy (non-hydrogen) atoms. The van der Waals surface area contributed by atoms with Crippen molar-refractivity contribution in [3.8, 4) is 0 Å². The fraction of sp³-hybridized carbons (Fsp3) is 0.536. The van der Waals surface area contributed by atoms with Gasteiger partial charge in [-0.3, -0.25) is 9.59 Å². The summed E-state index contributed by atoms with van der Waals surface area (Å²) in [7, 11) is 0. The summed E-state index contributed by atoms with van der Waals surface area (Å²) in [6.07, 6.45) is 11.6. The molecule has 0 atom stereocenters. The van der Waals surface area contributed by atoms with Crippen molar-refractivity contribution in [2.45, 2.75) is 64.7 Å². The standard InChI is InChI=1S/C28H34N4O2S/c1-19(33)22-9-5-20(6-10-22)3-2-4-21-7-11-23(12-8-21)27(34)24-14-17-32(18-15-24)25-13-16-29-28-26(25)30-35-31-28/h5-6,9-10,13,16,21,23-24H,2-4,7-8,11-12,14-15,17-18H2,1H3. The molecule has 0 bridgehead atoms. The number of pyridine rings is 1. The zero-order valence-corrected chi connectivity index (χ0v) is 21.3. The van der Waals surface area contributed by atoms with E-state index in [9.17, 15) is 9.59 Å². The second-order valence-electron chi connectivity index (χ2n) is 10.3. The van der Waals surface area contributed by atoms with Gasteiger partial charge in [0.25, 0.3) is 0 Å². The van der Waals surface area contributed by atoms with Crippen molar-refractivity contribution in [1.82, 2.24) is 13.7 Å². The van der Waals surface area contributed by atoms with E-state index in [1.54, 1.807) is 13.1 Å². The van der Waals surface area contributed by atoms with Crippen LogP contribution in [0.5, 0.6) is 0 Å². The van der Waals surface area contributed by atoms with Gasteiger partial charge in [0.2, 0.25) is 0 Å². The Morgan fingerprint density at radius 3 is 2.37 bits per heavy atom. The maximum atomic E-state index is 13.3. The summed E-state index contributed by atoms with van der Waals surface area (Å²) in [5.74, 6) is 1.85. The third kappa shape index (κ3) is 5.61. The van der Waals surface area contributed by atoms with E-state index in [4.69, 9.17) is 0 Å². The van der Waals surface area contributed by atoms with E-state index in [2.05, 4.69) is 30.8 Å². The van der Waals surface area contributed by atoms with Crippen LogP contribution in [0.2, 0.25) is 0 Å². The van der Waals surface area contributed by atoms with Gasteiger partial charge in [0, 0.05) is 36.7 Å². The molecule has 1 aliphatic carbocycles. The number of benzene rings is 1. The van der Waals surface area contributed by atoms with E-state index in [0.717, 1.165) is 67.9 Å². The number of nitrogens with zero attached hydrogens (tertiary/aromatic N) is 4.